The van der Waals surface area contributed by atoms with Gasteiger partial charge in [-0.25, -0.2) is 4.39 Å². The normalized spacial score (nSPS) is 15.7. The molecule has 1 heterocycles. The van der Waals surface area contributed by atoms with Crippen molar-refractivity contribution in [2.75, 3.05) is 12.1 Å². The number of anilines is 1. The molecule has 1 unspecified atom stereocenters. The Labute approximate surface area is 205 Å². The van der Waals surface area contributed by atoms with Crippen LogP contribution in [0.15, 0.2) is 65.8 Å². The Bertz CT molecular complexity index is 1300. The number of hydrogen-bond acceptors (Lipinski definition) is 4. The van der Waals surface area contributed by atoms with E-state index in [4.69, 9.17) is 9.84 Å². The van der Waals surface area contributed by atoms with E-state index < -0.39 is 36.7 Å². The largest absolute Gasteiger partial charge is 0.497 e. The predicted molar refractivity (Wildman–Crippen MR) is 129 cm³/mol. The molecular weight excluding hydrogens is 476 g/mol. The summed E-state index contributed by atoms with van der Waals surface area (Å²) in [6.07, 6.45) is -4.98. The van der Waals surface area contributed by atoms with E-state index in [-0.39, 0.29) is 5.82 Å². The highest BCUT2D eigenvalue weighted by molar-refractivity contribution is 5.94. The van der Waals surface area contributed by atoms with E-state index in [1.54, 1.807) is 36.4 Å². The number of ether oxygens (including phenoxy) is 1. The number of hydrogen-bond donors (Lipinski definition) is 1. The topological polar surface area (TPSA) is 62.1 Å². The number of alkyl halides is 3. The third-order valence-corrected chi connectivity index (χ3v) is 6.16. The van der Waals surface area contributed by atoms with Crippen molar-refractivity contribution in [3.63, 3.8) is 0 Å². The summed E-state index contributed by atoms with van der Waals surface area (Å²) in [4.78, 5) is 11.2. The number of carboxylic acid groups (broad SMARTS) is 1. The Hall–Kier alpha value is -3.88. The summed E-state index contributed by atoms with van der Waals surface area (Å²) in [5, 5.41) is 13.9. The Morgan fingerprint density at radius 1 is 1.11 bits per heavy atom. The molecule has 0 saturated carbocycles. The van der Waals surface area contributed by atoms with Crippen LogP contribution < -0.4 is 9.75 Å². The maximum Gasteiger partial charge on any atom is 0.431 e. The molecule has 0 fully saturated rings. The standard InChI is InChI=1S/C27H24F4N2O3/c1-16-11-19(23-15-22(36-2)9-10-24(23)28)6-5-18(16)12-17-3-7-20(8-4-17)33-21(14-26(34)35)13-25(32-33)27(29,30)31/h3-11,15,21H,12-14H2,1-2H3,(H,34,35). The second kappa shape index (κ2) is 10.0. The molecule has 0 bridgehead atoms. The summed E-state index contributed by atoms with van der Waals surface area (Å²) in [6, 6.07) is 16.2. The first-order valence-electron chi connectivity index (χ1n) is 11.2. The molecule has 9 heteroatoms. The van der Waals surface area contributed by atoms with Gasteiger partial charge in [0, 0.05) is 12.0 Å². The van der Waals surface area contributed by atoms with Crippen LogP contribution in [0.5, 0.6) is 5.75 Å². The number of carbonyl (C=O) groups is 1. The summed E-state index contributed by atoms with van der Waals surface area (Å²) in [6.45, 7) is 1.93. The van der Waals surface area contributed by atoms with Crippen molar-refractivity contribution in [3.05, 3.63) is 83.2 Å². The van der Waals surface area contributed by atoms with Gasteiger partial charge in [-0.15, -0.1) is 0 Å². The van der Waals surface area contributed by atoms with Gasteiger partial charge in [0.05, 0.1) is 25.3 Å². The fraction of sp³-hybridized carbons (Fsp3) is 0.259. The zero-order valence-corrected chi connectivity index (χ0v) is 19.6. The molecule has 4 rings (SSSR count). The van der Waals surface area contributed by atoms with Gasteiger partial charge in [0.25, 0.3) is 0 Å². The van der Waals surface area contributed by atoms with E-state index in [1.165, 1.54) is 13.2 Å². The van der Waals surface area contributed by atoms with Gasteiger partial charge in [-0.05, 0) is 65.9 Å². The molecule has 0 radical (unpaired) electrons. The average Bonchev–Trinajstić information content (AvgIpc) is 3.25. The highest BCUT2D eigenvalue weighted by Crippen LogP contribution is 2.33. The van der Waals surface area contributed by atoms with E-state index >= 15 is 0 Å². The minimum absolute atomic E-state index is 0.349. The summed E-state index contributed by atoms with van der Waals surface area (Å²) >= 11 is 0. The van der Waals surface area contributed by atoms with Crippen LogP contribution >= 0.6 is 0 Å². The number of halogens is 4. The zero-order chi connectivity index (χ0) is 26.0. The molecule has 1 N–H and O–H groups in total. The summed E-state index contributed by atoms with van der Waals surface area (Å²) in [5.74, 6) is -0.977. The number of benzene rings is 3. The molecule has 36 heavy (non-hydrogen) atoms. The zero-order valence-electron chi connectivity index (χ0n) is 19.6. The maximum atomic E-state index is 14.4. The molecular formula is C27H24F4N2O3. The third kappa shape index (κ3) is 5.50. The molecule has 3 aromatic rings. The smallest absolute Gasteiger partial charge is 0.431 e. The van der Waals surface area contributed by atoms with Gasteiger partial charge in [0.1, 0.15) is 17.3 Å². The Balaban J connectivity index is 1.53. The van der Waals surface area contributed by atoms with Crippen molar-refractivity contribution in [1.29, 1.82) is 0 Å². The lowest BCUT2D eigenvalue weighted by Gasteiger charge is -2.22. The fourth-order valence-electron chi connectivity index (χ4n) is 4.26. The molecule has 188 valence electrons. The Morgan fingerprint density at radius 3 is 2.44 bits per heavy atom. The number of carboxylic acids is 1. The average molecular weight is 500 g/mol. The molecule has 0 saturated heterocycles. The van der Waals surface area contributed by atoms with Crippen molar-refractivity contribution >= 4 is 17.4 Å². The van der Waals surface area contributed by atoms with Crippen LogP contribution in [0.3, 0.4) is 0 Å². The van der Waals surface area contributed by atoms with E-state index in [0.29, 0.717) is 23.4 Å². The number of nitrogens with zero attached hydrogens (tertiary/aromatic N) is 2. The Morgan fingerprint density at radius 2 is 1.83 bits per heavy atom. The van der Waals surface area contributed by atoms with E-state index in [0.717, 1.165) is 27.3 Å². The van der Waals surface area contributed by atoms with Crippen molar-refractivity contribution in [2.24, 2.45) is 5.10 Å². The second-order valence-corrected chi connectivity index (χ2v) is 8.68. The van der Waals surface area contributed by atoms with Crippen molar-refractivity contribution in [3.8, 4) is 16.9 Å². The molecule has 1 atom stereocenters. The molecule has 1 aliphatic rings. The van der Waals surface area contributed by atoms with Gasteiger partial charge in [0.15, 0.2) is 0 Å². The highest BCUT2D eigenvalue weighted by atomic mass is 19.4. The number of aliphatic carboxylic acids is 1. The number of methoxy groups -OCH3 is 1. The van der Waals surface area contributed by atoms with Crippen LogP contribution in [0, 0.1) is 12.7 Å². The minimum atomic E-state index is -4.61. The lowest BCUT2D eigenvalue weighted by Crippen LogP contribution is -2.29. The van der Waals surface area contributed by atoms with Gasteiger partial charge < -0.3 is 9.84 Å². The monoisotopic (exact) mass is 500 g/mol. The predicted octanol–water partition coefficient (Wildman–Crippen LogP) is 6.37. The SMILES string of the molecule is COc1ccc(F)c(-c2ccc(Cc3ccc(N4N=C(C(F)(F)F)CC4CC(=O)O)cc3)c(C)c2)c1. The second-order valence-electron chi connectivity index (χ2n) is 8.68. The number of rotatable bonds is 7. The summed E-state index contributed by atoms with van der Waals surface area (Å²) < 4.78 is 59.1. The molecule has 0 spiro atoms. The van der Waals surface area contributed by atoms with Crippen LogP contribution in [0.4, 0.5) is 23.2 Å². The first-order chi connectivity index (χ1) is 17.0. The molecule has 1 aliphatic heterocycles. The van der Waals surface area contributed by atoms with Crippen LogP contribution in [-0.2, 0) is 11.2 Å². The quantitative estimate of drug-likeness (QED) is 0.383. The number of aryl methyl sites for hydroxylation is 1. The first-order valence-corrected chi connectivity index (χ1v) is 11.2. The van der Waals surface area contributed by atoms with Crippen LogP contribution in [0.25, 0.3) is 11.1 Å². The number of hydrazone groups is 1. The maximum absolute atomic E-state index is 14.4. The van der Waals surface area contributed by atoms with Crippen molar-refractivity contribution in [2.45, 2.75) is 38.4 Å². The lowest BCUT2D eigenvalue weighted by molar-refractivity contribution is -0.137. The van der Waals surface area contributed by atoms with E-state index in [2.05, 4.69) is 5.10 Å². The molecule has 0 aliphatic carbocycles. The van der Waals surface area contributed by atoms with E-state index in [9.17, 15) is 22.4 Å². The van der Waals surface area contributed by atoms with Gasteiger partial charge >= 0.3 is 12.1 Å². The van der Waals surface area contributed by atoms with Crippen molar-refractivity contribution < 1.29 is 32.2 Å². The third-order valence-electron chi connectivity index (χ3n) is 6.16. The van der Waals surface area contributed by atoms with Gasteiger partial charge in [-0.3, -0.25) is 9.80 Å². The molecule has 0 aromatic heterocycles. The van der Waals surface area contributed by atoms with Crippen LogP contribution in [0.2, 0.25) is 0 Å². The van der Waals surface area contributed by atoms with Gasteiger partial charge in [-0.1, -0.05) is 30.3 Å². The highest BCUT2D eigenvalue weighted by Gasteiger charge is 2.43. The van der Waals surface area contributed by atoms with Crippen LogP contribution in [0.1, 0.15) is 29.5 Å². The van der Waals surface area contributed by atoms with Gasteiger partial charge in [0.2, 0.25) is 0 Å². The fourth-order valence-corrected chi connectivity index (χ4v) is 4.26. The van der Waals surface area contributed by atoms with Crippen LogP contribution in [-0.4, -0.2) is 36.1 Å². The lowest BCUT2D eigenvalue weighted by atomic mass is 9.95. The summed E-state index contributed by atoms with van der Waals surface area (Å²) in [7, 11) is 1.52. The minimum Gasteiger partial charge on any atom is -0.497 e. The van der Waals surface area contributed by atoms with Gasteiger partial charge in [-0.2, -0.15) is 18.3 Å². The molecule has 5 nitrogen and oxygen atoms in total. The summed E-state index contributed by atoms with van der Waals surface area (Å²) in [5.41, 5.74) is 3.45. The molecule has 0 amide bonds. The molecule has 3 aromatic carbocycles. The Kier molecular flexibility index (Phi) is 7.01. The first kappa shape index (κ1) is 25.2. The van der Waals surface area contributed by atoms with Crippen molar-refractivity contribution in [1.82, 2.24) is 0 Å². The van der Waals surface area contributed by atoms with E-state index in [1.807, 2.05) is 25.1 Å².